The van der Waals surface area contributed by atoms with Crippen LogP contribution in [0.4, 0.5) is 0 Å². The van der Waals surface area contributed by atoms with Crippen molar-refractivity contribution in [2.75, 3.05) is 5.75 Å². The highest BCUT2D eigenvalue weighted by Gasteiger charge is 2.25. The second-order valence-electron chi connectivity index (χ2n) is 5.19. The number of pyridine rings is 1. The lowest BCUT2D eigenvalue weighted by atomic mass is 9.84. The van der Waals surface area contributed by atoms with Crippen LogP contribution >= 0.6 is 12.6 Å². The van der Waals surface area contributed by atoms with E-state index in [-0.39, 0.29) is 10.8 Å². The van der Waals surface area contributed by atoms with Gasteiger partial charge in [0, 0.05) is 24.2 Å². The molecule has 1 aromatic heterocycles. The van der Waals surface area contributed by atoms with Gasteiger partial charge >= 0.3 is 0 Å². The van der Waals surface area contributed by atoms with Gasteiger partial charge in [0.2, 0.25) is 0 Å². The van der Waals surface area contributed by atoms with E-state index < -0.39 is 0 Å². The molecule has 0 saturated carbocycles. The van der Waals surface area contributed by atoms with Crippen LogP contribution in [0.3, 0.4) is 0 Å². The van der Waals surface area contributed by atoms with E-state index in [0.29, 0.717) is 0 Å². The standard InChI is InChI=1S/C16H21NOS/c1-3-16(4-2,12-19)11-17-10-9-15(18)13-7-5-6-8-14(13)17/h5-10,19H,3-4,11-12H2,1-2H3. The Hall–Kier alpha value is -1.22. The van der Waals surface area contributed by atoms with Crippen LogP contribution in [-0.2, 0) is 6.54 Å². The van der Waals surface area contributed by atoms with Gasteiger partial charge in [0.15, 0.2) is 5.43 Å². The summed E-state index contributed by atoms with van der Waals surface area (Å²) in [6.45, 7) is 5.33. The first-order valence-corrected chi connectivity index (χ1v) is 7.48. The molecule has 102 valence electrons. The molecular formula is C16H21NOS. The summed E-state index contributed by atoms with van der Waals surface area (Å²) in [5, 5.41) is 0.797. The molecule has 2 aromatic rings. The summed E-state index contributed by atoms with van der Waals surface area (Å²) in [7, 11) is 0. The van der Waals surface area contributed by atoms with Gasteiger partial charge in [0.1, 0.15) is 0 Å². The van der Waals surface area contributed by atoms with Crippen molar-refractivity contribution in [2.45, 2.75) is 33.2 Å². The lowest BCUT2D eigenvalue weighted by molar-refractivity contribution is 0.261. The van der Waals surface area contributed by atoms with Crippen molar-refractivity contribution in [1.82, 2.24) is 4.57 Å². The minimum atomic E-state index is 0.0938. The summed E-state index contributed by atoms with van der Waals surface area (Å²) in [4.78, 5) is 11.9. The molecule has 1 aromatic carbocycles. The zero-order valence-corrected chi connectivity index (χ0v) is 12.5. The minimum absolute atomic E-state index is 0.0938. The lowest BCUT2D eigenvalue weighted by Gasteiger charge is -2.31. The fourth-order valence-corrected chi connectivity index (χ4v) is 3.05. The van der Waals surface area contributed by atoms with E-state index in [1.807, 2.05) is 30.5 Å². The van der Waals surface area contributed by atoms with Crippen LogP contribution in [0, 0.1) is 5.41 Å². The van der Waals surface area contributed by atoms with Crippen LogP contribution in [-0.4, -0.2) is 10.3 Å². The number of hydrogen-bond acceptors (Lipinski definition) is 2. The highest BCUT2D eigenvalue weighted by molar-refractivity contribution is 7.80. The van der Waals surface area contributed by atoms with Crippen molar-refractivity contribution in [3.05, 3.63) is 46.8 Å². The number of benzene rings is 1. The summed E-state index contributed by atoms with van der Waals surface area (Å²) in [6.07, 6.45) is 4.09. The van der Waals surface area contributed by atoms with E-state index >= 15 is 0 Å². The third-order valence-corrected chi connectivity index (χ3v) is 4.90. The smallest absolute Gasteiger partial charge is 0.189 e. The molecule has 3 heteroatoms. The molecule has 2 nitrogen and oxygen atoms in total. The van der Waals surface area contributed by atoms with E-state index in [1.54, 1.807) is 6.07 Å². The summed E-state index contributed by atoms with van der Waals surface area (Å²) < 4.78 is 2.19. The summed E-state index contributed by atoms with van der Waals surface area (Å²) in [6, 6.07) is 9.48. The molecule has 0 spiro atoms. The molecule has 0 radical (unpaired) electrons. The van der Waals surface area contributed by atoms with Crippen LogP contribution in [0.15, 0.2) is 41.3 Å². The molecule has 19 heavy (non-hydrogen) atoms. The molecule has 0 unspecified atom stereocenters. The Bertz CT molecular complexity index is 605. The van der Waals surface area contributed by atoms with Gasteiger partial charge in [-0.1, -0.05) is 26.0 Å². The van der Waals surface area contributed by atoms with E-state index in [1.165, 1.54) is 0 Å². The van der Waals surface area contributed by atoms with Crippen molar-refractivity contribution < 1.29 is 0 Å². The quantitative estimate of drug-likeness (QED) is 0.825. The van der Waals surface area contributed by atoms with E-state index in [4.69, 9.17) is 0 Å². The Morgan fingerprint density at radius 2 is 1.84 bits per heavy atom. The molecule has 0 aliphatic rings. The number of para-hydroxylation sites is 1. The van der Waals surface area contributed by atoms with E-state index in [9.17, 15) is 4.79 Å². The zero-order valence-electron chi connectivity index (χ0n) is 11.6. The molecule has 0 bridgehead atoms. The van der Waals surface area contributed by atoms with E-state index in [2.05, 4.69) is 31.0 Å². The number of fused-ring (bicyclic) bond motifs is 1. The molecule has 0 atom stereocenters. The van der Waals surface area contributed by atoms with Crippen LogP contribution in [0.1, 0.15) is 26.7 Å². The predicted octanol–water partition coefficient (Wildman–Crippen LogP) is 3.74. The predicted molar refractivity (Wildman–Crippen MR) is 85.1 cm³/mol. The molecule has 0 fully saturated rings. The van der Waals surface area contributed by atoms with Crippen molar-refractivity contribution >= 4 is 23.5 Å². The van der Waals surface area contributed by atoms with Crippen molar-refractivity contribution in [1.29, 1.82) is 0 Å². The normalized spacial score (nSPS) is 11.9. The molecule has 2 rings (SSSR count). The number of hydrogen-bond donors (Lipinski definition) is 1. The molecular weight excluding hydrogens is 254 g/mol. The SMILES string of the molecule is CCC(CC)(CS)Cn1ccc(=O)c2ccccc21. The second kappa shape index (κ2) is 5.83. The first-order chi connectivity index (χ1) is 9.15. The summed E-state index contributed by atoms with van der Waals surface area (Å²) in [5.74, 6) is 0.862. The number of nitrogens with zero attached hydrogens (tertiary/aromatic N) is 1. The van der Waals surface area contributed by atoms with Crippen LogP contribution < -0.4 is 5.43 Å². The second-order valence-corrected chi connectivity index (χ2v) is 5.51. The molecule has 0 aliphatic heterocycles. The first kappa shape index (κ1) is 14.2. The van der Waals surface area contributed by atoms with Crippen LogP contribution in [0.25, 0.3) is 10.9 Å². The van der Waals surface area contributed by atoms with E-state index in [0.717, 1.165) is 36.0 Å². The minimum Gasteiger partial charge on any atom is -0.347 e. The first-order valence-electron chi connectivity index (χ1n) is 6.85. The number of aromatic nitrogens is 1. The Labute approximate surface area is 119 Å². The maximum absolute atomic E-state index is 11.9. The Morgan fingerprint density at radius 3 is 2.47 bits per heavy atom. The van der Waals surface area contributed by atoms with Gasteiger partial charge in [0.05, 0.1) is 5.52 Å². The topological polar surface area (TPSA) is 22.0 Å². The zero-order chi connectivity index (χ0) is 13.9. The maximum atomic E-state index is 11.9. The highest BCUT2D eigenvalue weighted by atomic mass is 32.1. The van der Waals surface area contributed by atoms with Gasteiger partial charge in [-0.25, -0.2) is 0 Å². The van der Waals surface area contributed by atoms with Gasteiger partial charge in [-0.05, 0) is 36.1 Å². The van der Waals surface area contributed by atoms with Gasteiger partial charge in [-0.3, -0.25) is 4.79 Å². The molecule has 0 aliphatic carbocycles. The third kappa shape index (κ3) is 2.71. The molecule has 1 heterocycles. The Morgan fingerprint density at radius 1 is 1.16 bits per heavy atom. The molecule has 0 amide bonds. The summed E-state index contributed by atoms with van der Waals surface area (Å²) >= 11 is 4.53. The monoisotopic (exact) mass is 275 g/mol. The molecule has 0 N–H and O–H groups in total. The van der Waals surface area contributed by atoms with Gasteiger partial charge < -0.3 is 4.57 Å². The maximum Gasteiger partial charge on any atom is 0.189 e. The number of rotatable bonds is 5. The van der Waals surface area contributed by atoms with Crippen molar-refractivity contribution in [3.63, 3.8) is 0 Å². The Kier molecular flexibility index (Phi) is 4.35. The third-order valence-electron chi connectivity index (χ3n) is 4.23. The van der Waals surface area contributed by atoms with Gasteiger partial charge in [-0.15, -0.1) is 0 Å². The van der Waals surface area contributed by atoms with Gasteiger partial charge in [-0.2, -0.15) is 12.6 Å². The largest absolute Gasteiger partial charge is 0.347 e. The van der Waals surface area contributed by atoms with Gasteiger partial charge in [0.25, 0.3) is 0 Å². The van der Waals surface area contributed by atoms with Crippen LogP contribution in [0.2, 0.25) is 0 Å². The van der Waals surface area contributed by atoms with Crippen molar-refractivity contribution in [3.8, 4) is 0 Å². The highest BCUT2D eigenvalue weighted by Crippen LogP contribution is 2.30. The lowest BCUT2D eigenvalue weighted by Crippen LogP contribution is -2.28. The summed E-state index contributed by atoms with van der Waals surface area (Å²) in [5.41, 5.74) is 1.31. The Balaban J connectivity index is 2.52. The number of thiol groups is 1. The fourth-order valence-electron chi connectivity index (χ4n) is 2.51. The van der Waals surface area contributed by atoms with Crippen molar-refractivity contribution in [2.24, 2.45) is 5.41 Å². The average Bonchev–Trinajstić information content (AvgIpc) is 2.48. The average molecular weight is 275 g/mol. The fraction of sp³-hybridized carbons (Fsp3) is 0.438. The van der Waals surface area contributed by atoms with Crippen LogP contribution in [0.5, 0.6) is 0 Å². The molecule has 0 saturated heterocycles.